The molecule has 0 bridgehead atoms. The monoisotopic (exact) mass is 598 g/mol. The predicted octanol–water partition coefficient (Wildman–Crippen LogP) is 5.61. The molecule has 1 aliphatic carbocycles. The lowest BCUT2D eigenvalue weighted by Crippen LogP contribution is -2.38. The number of thiophene rings is 1. The summed E-state index contributed by atoms with van der Waals surface area (Å²) in [5.74, 6) is 0.104. The summed E-state index contributed by atoms with van der Waals surface area (Å²) >= 11 is 9.87. The number of thiazole rings is 1. The Kier molecular flexibility index (Phi) is 5.29. The number of phenols is 1. The molecule has 4 aromatic rings. The molecule has 0 unspecified atom stereocenters. The van der Waals surface area contributed by atoms with Gasteiger partial charge in [0.1, 0.15) is 5.75 Å². The van der Waals surface area contributed by atoms with Crippen LogP contribution in [0.25, 0.3) is 11.8 Å². The second-order valence-electron chi connectivity index (χ2n) is 7.95. The van der Waals surface area contributed by atoms with Crippen LogP contribution in [-0.4, -0.2) is 9.67 Å². The molecule has 2 aliphatic rings. The number of rotatable bonds is 2. The smallest absolute Gasteiger partial charge is 0.271 e. The third kappa shape index (κ3) is 3.51. The highest BCUT2D eigenvalue weighted by atomic mass is 79.9. The van der Waals surface area contributed by atoms with Crippen molar-refractivity contribution in [1.82, 2.24) is 4.57 Å². The SMILES string of the molecule is O=c1/c(=C\c2cc(Br)cc(Br)c2O)sc2n1[C@@H](c1cccs1)C1=C(N=2)c2ccccc2CC1. The maximum Gasteiger partial charge on any atom is 0.271 e. The number of aromatic nitrogens is 1. The summed E-state index contributed by atoms with van der Waals surface area (Å²) in [5, 5.41) is 12.6. The van der Waals surface area contributed by atoms with Gasteiger partial charge in [-0.15, -0.1) is 11.3 Å². The molecular formula is C25H16Br2N2O2S2. The van der Waals surface area contributed by atoms with Gasteiger partial charge in [0.25, 0.3) is 5.56 Å². The third-order valence-electron chi connectivity index (χ3n) is 6.03. The molecule has 1 aliphatic heterocycles. The summed E-state index contributed by atoms with van der Waals surface area (Å²) in [6.07, 6.45) is 3.56. The van der Waals surface area contributed by atoms with Crippen molar-refractivity contribution in [2.24, 2.45) is 4.99 Å². The van der Waals surface area contributed by atoms with Gasteiger partial charge >= 0.3 is 0 Å². The van der Waals surface area contributed by atoms with Crippen LogP contribution in [0, 0.1) is 0 Å². The topological polar surface area (TPSA) is 54.6 Å². The quantitative estimate of drug-likeness (QED) is 0.326. The molecule has 164 valence electrons. The van der Waals surface area contributed by atoms with Crippen molar-refractivity contribution in [1.29, 1.82) is 0 Å². The fraction of sp³-hybridized carbons (Fsp3) is 0.120. The third-order valence-corrected chi connectivity index (χ3v) is 9.00. The zero-order chi connectivity index (χ0) is 22.7. The number of halogens is 2. The summed E-state index contributed by atoms with van der Waals surface area (Å²) in [5.41, 5.74) is 5.14. The van der Waals surface area contributed by atoms with Gasteiger partial charge in [-0.1, -0.05) is 57.6 Å². The Labute approximate surface area is 214 Å². The first kappa shape index (κ1) is 21.3. The van der Waals surface area contributed by atoms with Gasteiger partial charge in [-0.2, -0.15) is 0 Å². The van der Waals surface area contributed by atoms with Crippen LogP contribution in [0.5, 0.6) is 5.75 Å². The van der Waals surface area contributed by atoms with Gasteiger partial charge in [-0.3, -0.25) is 9.36 Å². The Balaban J connectivity index is 1.63. The molecule has 0 radical (unpaired) electrons. The molecule has 1 N–H and O–H groups in total. The van der Waals surface area contributed by atoms with E-state index in [2.05, 4.69) is 61.5 Å². The fourth-order valence-electron chi connectivity index (χ4n) is 4.56. The molecule has 33 heavy (non-hydrogen) atoms. The average Bonchev–Trinajstić information content (AvgIpc) is 3.44. The maximum atomic E-state index is 13.7. The highest BCUT2D eigenvalue weighted by molar-refractivity contribution is 9.11. The van der Waals surface area contributed by atoms with Crippen molar-refractivity contribution >= 4 is 66.3 Å². The number of allylic oxidation sites excluding steroid dienone is 1. The zero-order valence-electron chi connectivity index (χ0n) is 17.1. The summed E-state index contributed by atoms with van der Waals surface area (Å²) in [7, 11) is 0. The Hall–Kier alpha value is -2.26. The minimum atomic E-state index is -0.158. The molecule has 0 fully saturated rings. The molecule has 3 heterocycles. The minimum absolute atomic E-state index is 0.0851. The predicted molar refractivity (Wildman–Crippen MR) is 141 cm³/mol. The first-order valence-corrected chi connectivity index (χ1v) is 13.6. The fourth-order valence-corrected chi connectivity index (χ4v) is 7.65. The summed E-state index contributed by atoms with van der Waals surface area (Å²) < 4.78 is 3.76. The molecule has 2 aromatic carbocycles. The zero-order valence-corrected chi connectivity index (χ0v) is 21.9. The highest BCUT2D eigenvalue weighted by Gasteiger charge is 2.33. The Morgan fingerprint density at radius 2 is 1.97 bits per heavy atom. The van der Waals surface area contributed by atoms with E-state index in [0.717, 1.165) is 33.5 Å². The van der Waals surface area contributed by atoms with Crippen LogP contribution >= 0.6 is 54.5 Å². The van der Waals surface area contributed by atoms with Gasteiger partial charge in [0.2, 0.25) is 0 Å². The van der Waals surface area contributed by atoms with E-state index in [0.29, 0.717) is 19.4 Å². The Morgan fingerprint density at radius 3 is 2.79 bits per heavy atom. The molecule has 0 spiro atoms. The van der Waals surface area contributed by atoms with Crippen molar-refractivity contribution in [3.05, 3.63) is 110 Å². The lowest BCUT2D eigenvalue weighted by Gasteiger charge is -2.30. The van der Waals surface area contributed by atoms with Crippen molar-refractivity contribution in [3.8, 4) is 5.75 Å². The van der Waals surface area contributed by atoms with E-state index in [-0.39, 0.29) is 17.4 Å². The number of aryl methyl sites for hydroxylation is 1. The summed E-state index contributed by atoms with van der Waals surface area (Å²) in [4.78, 5) is 20.5. The molecule has 0 saturated carbocycles. The number of hydrogen-bond acceptors (Lipinski definition) is 5. The van der Waals surface area contributed by atoms with Crippen LogP contribution in [0.2, 0.25) is 0 Å². The number of nitrogens with zero attached hydrogens (tertiary/aromatic N) is 2. The summed E-state index contributed by atoms with van der Waals surface area (Å²) in [6.45, 7) is 0. The molecule has 2 aromatic heterocycles. The van der Waals surface area contributed by atoms with E-state index in [1.807, 2.05) is 16.7 Å². The lowest BCUT2D eigenvalue weighted by molar-refractivity contribution is 0.470. The van der Waals surface area contributed by atoms with Crippen LogP contribution in [0.3, 0.4) is 0 Å². The number of phenolic OH excluding ortho intramolecular Hbond substituents is 1. The van der Waals surface area contributed by atoms with Crippen LogP contribution < -0.4 is 14.9 Å². The normalized spacial score (nSPS) is 17.4. The Bertz CT molecular complexity index is 1630. The van der Waals surface area contributed by atoms with Crippen molar-refractivity contribution in [3.63, 3.8) is 0 Å². The number of hydrogen-bond donors (Lipinski definition) is 1. The van der Waals surface area contributed by atoms with Crippen LogP contribution in [0.15, 0.2) is 78.2 Å². The van der Waals surface area contributed by atoms with E-state index in [4.69, 9.17) is 4.99 Å². The molecule has 0 amide bonds. The number of aromatic hydroxyl groups is 1. The summed E-state index contributed by atoms with van der Waals surface area (Å²) in [6, 6.07) is 16.0. The van der Waals surface area contributed by atoms with E-state index in [9.17, 15) is 9.90 Å². The van der Waals surface area contributed by atoms with E-state index < -0.39 is 0 Å². The van der Waals surface area contributed by atoms with Gasteiger partial charge in [0, 0.05) is 20.5 Å². The molecule has 6 rings (SSSR count). The lowest BCUT2D eigenvalue weighted by atomic mass is 9.85. The number of fused-ring (bicyclic) bond motifs is 3. The highest BCUT2D eigenvalue weighted by Crippen LogP contribution is 2.42. The van der Waals surface area contributed by atoms with Gasteiger partial charge in [-0.05, 0) is 69.6 Å². The largest absolute Gasteiger partial charge is 0.506 e. The standard InChI is InChI=1S/C25H16Br2N2O2S2/c26-15-10-14(23(30)18(27)12-15)11-20-24(31)29-22(19-6-3-9-32-19)17-8-7-13-4-1-2-5-16(13)21(17)28-25(29)33-20/h1-6,9-12,22,30H,7-8H2/b20-11+/t22-/m1/s1. The minimum Gasteiger partial charge on any atom is -0.506 e. The van der Waals surface area contributed by atoms with Gasteiger partial charge in [0.15, 0.2) is 4.80 Å². The first-order chi connectivity index (χ1) is 16.0. The second kappa shape index (κ2) is 8.20. The molecule has 0 saturated heterocycles. The first-order valence-electron chi connectivity index (χ1n) is 10.4. The van der Waals surface area contributed by atoms with E-state index in [1.54, 1.807) is 29.5 Å². The van der Waals surface area contributed by atoms with Crippen molar-refractivity contribution in [2.75, 3.05) is 0 Å². The number of benzene rings is 2. The van der Waals surface area contributed by atoms with Gasteiger partial charge < -0.3 is 5.11 Å². The van der Waals surface area contributed by atoms with Gasteiger partial charge in [0.05, 0.1) is 20.7 Å². The van der Waals surface area contributed by atoms with Gasteiger partial charge in [-0.25, -0.2) is 4.99 Å². The van der Waals surface area contributed by atoms with E-state index in [1.165, 1.54) is 22.5 Å². The maximum absolute atomic E-state index is 13.7. The average molecular weight is 600 g/mol. The molecule has 1 atom stereocenters. The van der Waals surface area contributed by atoms with Crippen molar-refractivity contribution in [2.45, 2.75) is 18.9 Å². The Morgan fingerprint density at radius 1 is 1.12 bits per heavy atom. The van der Waals surface area contributed by atoms with Crippen LogP contribution in [0.1, 0.15) is 34.0 Å². The van der Waals surface area contributed by atoms with Crippen molar-refractivity contribution < 1.29 is 5.11 Å². The second-order valence-corrected chi connectivity index (χ2v) is 11.7. The molecular weight excluding hydrogens is 584 g/mol. The van der Waals surface area contributed by atoms with Crippen LogP contribution in [0.4, 0.5) is 0 Å². The molecule has 4 nitrogen and oxygen atoms in total. The van der Waals surface area contributed by atoms with Crippen LogP contribution in [-0.2, 0) is 6.42 Å². The molecule has 8 heteroatoms. The van der Waals surface area contributed by atoms with E-state index >= 15 is 0 Å².